The van der Waals surface area contributed by atoms with Gasteiger partial charge in [-0.05, 0) is 36.5 Å². The minimum Gasteiger partial charge on any atom is -0.293 e. The molecule has 18 heavy (non-hydrogen) atoms. The molecule has 2 aromatic rings. The van der Waals surface area contributed by atoms with Gasteiger partial charge in [0.25, 0.3) is 0 Å². The van der Waals surface area contributed by atoms with Crippen molar-refractivity contribution in [3.8, 4) is 0 Å². The Morgan fingerprint density at radius 3 is 3.06 bits per heavy atom. The molecule has 0 aliphatic heterocycles. The van der Waals surface area contributed by atoms with E-state index >= 15 is 0 Å². The molecule has 5 heteroatoms. The zero-order chi connectivity index (χ0) is 12.4. The SMILES string of the molecule is O=C(CSc1ncn[nH]1)c1ccc2c(c1)CCC2. The highest BCUT2D eigenvalue weighted by Gasteiger charge is 2.14. The van der Waals surface area contributed by atoms with Crippen molar-refractivity contribution < 1.29 is 4.79 Å². The molecule has 1 N–H and O–H groups in total. The van der Waals surface area contributed by atoms with E-state index in [1.165, 1.54) is 35.6 Å². The lowest BCUT2D eigenvalue weighted by molar-refractivity contribution is 0.102. The number of rotatable bonds is 4. The molecule has 0 fully saturated rings. The van der Waals surface area contributed by atoms with E-state index < -0.39 is 0 Å². The maximum absolute atomic E-state index is 12.1. The number of benzene rings is 1. The van der Waals surface area contributed by atoms with Crippen molar-refractivity contribution in [3.05, 3.63) is 41.2 Å². The van der Waals surface area contributed by atoms with Crippen molar-refractivity contribution in [1.82, 2.24) is 15.2 Å². The Morgan fingerprint density at radius 1 is 1.33 bits per heavy atom. The van der Waals surface area contributed by atoms with Crippen molar-refractivity contribution in [3.63, 3.8) is 0 Å². The molecular formula is C13H13N3OS. The molecule has 1 heterocycles. The summed E-state index contributed by atoms with van der Waals surface area (Å²) in [7, 11) is 0. The van der Waals surface area contributed by atoms with Gasteiger partial charge in [0.05, 0.1) is 5.75 Å². The Hall–Kier alpha value is -1.62. The number of nitrogens with one attached hydrogen (secondary N) is 1. The van der Waals surface area contributed by atoms with Crippen LogP contribution in [0.5, 0.6) is 0 Å². The molecule has 0 bridgehead atoms. The number of carbonyl (C=O) groups is 1. The van der Waals surface area contributed by atoms with Gasteiger partial charge in [0, 0.05) is 5.56 Å². The van der Waals surface area contributed by atoms with E-state index in [4.69, 9.17) is 0 Å². The summed E-state index contributed by atoms with van der Waals surface area (Å²) < 4.78 is 0. The van der Waals surface area contributed by atoms with Crippen LogP contribution in [0.2, 0.25) is 0 Å². The number of nitrogens with zero attached hydrogens (tertiary/aromatic N) is 2. The smallest absolute Gasteiger partial charge is 0.183 e. The number of ketones is 1. The van der Waals surface area contributed by atoms with Crippen LogP contribution in [0.25, 0.3) is 0 Å². The van der Waals surface area contributed by atoms with E-state index in [0.29, 0.717) is 10.9 Å². The summed E-state index contributed by atoms with van der Waals surface area (Å²) in [5.74, 6) is 0.541. The van der Waals surface area contributed by atoms with Gasteiger partial charge in [0.1, 0.15) is 6.33 Å². The molecule has 0 saturated carbocycles. The first-order valence-electron chi connectivity index (χ1n) is 5.96. The van der Waals surface area contributed by atoms with Crippen LogP contribution < -0.4 is 0 Å². The monoisotopic (exact) mass is 259 g/mol. The van der Waals surface area contributed by atoms with Gasteiger partial charge < -0.3 is 0 Å². The van der Waals surface area contributed by atoms with E-state index in [2.05, 4.69) is 21.2 Å². The molecule has 0 radical (unpaired) electrons. The number of thioether (sulfide) groups is 1. The first-order chi connectivity index (χ1) is 8.83. The highest BCUT2D eigenvalue weighted by Crippen LogP contribution is 2.23. The van der Waals surface area contributed by atoms with Crippen LogP contribution in [0.4, 0.5) is 0 Å². The van der Waals surface area contributed by atoms with Gasteiger partial charge >= 0.3 is 0 Å². The molecule has 0 spiro atoms. The van der Waals surface area contributed by atoms with Crippen LogP contribution in [-0.2, 0) is 12.8 Å². The van der Waals surface area contributed by atoms with E-state index in [0.717, 1.165) is 18.4 Å². The maximum Gasteiger partial charge on any atom is 0.183 e. The largest absolute Gasteiger partial charge is 0.293 e. The molecule has 1 aromatic heterocycles. The van der Waals surface area contributed by atoms with Crippen LogP contribution in [0, 0.1) is 0 Å². The maximum atomic E-state index is 12.1. The molecule has 0 atom stereocenters. The fourth-order valence-electron chi connectivity index (χ4n) is 2.23. The second kappa shape index (κ2) is 4.94. The lowest BCUT2D eigenvalue weighted by atomic mass is 10.0. The molecule has 0 unspecified atom stereocenters. The number of carbonyl (C=O) groups excluding carboxylic acids is 1. The van der Waals surface area contributed by atoms with Gasteiger partial charge in [-0.15, -0.1) is 0 Å². The second-order valence-corrected chi connectivity index (χ2v) is 5.30. The van der Waals surface area contributed by atoms with Gasteiger partial charge in [-0.2, -0.15) is 5.10 Å². The van der Waals surface area contributed by atoms with Gasteiger partial charge in [0.2, 0.25) is 0 Å². The van der Waals surface area contributed by atoms with Crippen LogP contribution in [0.15, 0.2) is 29.7 Å². The summed E-state index contributed by atoms with van der Waals surface area (Å²) in [5, 5.41) is 7.17. The number of aryl methyl sites for hydroxylation is 2. The highest BCUT2D eigenvalue weighted by molar-refractivity contribution is 7.99. The third-order valence-electron chi connectivity index (χ3n) is 3.15. The Kier molecular flexibility index (Phi) is 3.15. The van der Waals surface area contributed by atoms with Gasteiger partial charge in [-0.25, -0.2) is 4.98 Å². The van der Waals surface area contributed by atoms with Gasteiger partial charge in [-0.1, -0.05) is 23.9 Å². The summed E-state index contributed by atoms with van der Waals surface area (Å²) in [4.78, 5) is 16.0. The van der Waals surface area contributed by atoms with E-state index in [1.54, 1.807) is 0 Å². The minimum atomic E-state index is 0.145. The summed E-state index contributed by atoms with van der Waals surface area (Å²) in [6, 6.07) is 6.08. The Morgan fingerprint density at radius 2 is 2.22 bits per heavy atom. The van der Waals surface area contributed by atoms with Crippen LogP contribution in [0.1, 0.15) is 27.9 Å². The predicted octanol–water partition coefficient (Wildman–Crippen LogP) is 2.27. The number of Topliss-reactive ketones (excluding diaryl/α,β-unsaturated/α-hetero) is 1. The van der Waals surface area contributed by atoms with E-state index in [-0.39, 0.29) is 5.78 Å². The molecule has 1 aliphatic rings. The fourth-order valence-corrected chi connectivity index (χ4v) is 2.90. The van der Waals surface area contributed by atoms with Crippen LogP contribution >= 0.6 is 11.8 Å². The second-order valence-electron chi connectivity index (χ2n) is 4.34. The fraction of sp³-hybridized carbons (Fsp3) is 0.308. The van der Waals surface area contributed by atoms with Gasteiger partial charge in [0.15, 0.2) is 10.9 Å². The predicted molar refractivity (Wildman–Crippen MR) is 69.9 cm³/mol. The summed E-state index contributed by atoms with van der Waals surface area (Å²) in [6.07, 6.45) is 4.91. The Bertz CT molecular complexity index is 566. The lowest BCUT2D eigenvalue weighted by Crippen LogP contribution is -2.03. The van der Waals surface area contributed by atoms with Crippen molar-refractivity contribution in [1.29, 1.82) is 0 Å². The van der Waals surface area contributed by atoms with Crippen LogP contribution in [-0.4, -0.2) is 26.7 Å². The normalized spacial score (nSPS) is 13.6. The first kappa shape index (κ1) is 11.5. The van der Waals surface area contributed by atoms with Crippen molar-refractivity contribution in [2.24, 2.45) is 0 Å². The number of aromatic nitrogens is 3. The molecule has 0 amide bonds. The van der Waals surface area contributed by atoms with Crippen molar-refractivity contribution >= 4 is 17.5 Å². The summed E-state index contributed by atoms with van der Waals surface area (Å²) in [6.45, 7) is 0. The van der Waals surface area contributed by atoms with Crippen LogP contribution in [0.3, 0.4) is 0 Å². The summed E-state index contributed by atoms with van der Waals surface area (Å²) in [5.41, 5.74) is 3.54. The number of H-pyrrole nitrogens is 1. The average Bonchev–Trinajstić information content (AvgIpc) is 3.05. The molecule has 0 saturated heterocycles. The Labute approximate surface area is 109 Å². The van der Waals surface area contributed by atoms with E-state index in [1.807, 2.05) is 12.1 Å². The third-order valence-corrected chi connectivity index (χ3v) is 4.03. The number of aromatic amines is 1. The Balaban J connectivity index is 1.69. The number of fused-ring (bicyclic) bond motifs is 1. The topological polar surface area (TPSA) is 58.6 Å². The first-order valence-corrected chi connectivity index (χ1v) is 6.94. The zero-order valence-electron chi connectivity index (χ0n) is 9.85. The molecule has 92 valence electrons. The third kappa shape index (κ3) is 2.31. The molecule has 4 nitrogen and oxygen atoms in total. The molecule has 3 rings (SSSR count). The minimum absolute atomic E-state index is 0.145. The molecular weight excluding hydrogens is 246 g/mol. The molecule has 1 aromatic carbocycles. The van der Waals surface area contributed by atoms with Gasteiger partial charge in [-0.3, -0.25) is 9.89 Å². The van der Waals surface area contributed by atoms with E-state index in [9.17, 15) is 4.79 Å². The highest BCUT2D eigenvalue weighted by atomic mass is 32.2. The average molecular weight is 259 g/mol. The number of hydrogen-bond acceptors (Lipinski definition) is 4. The summed E-state index contributed by atoms with van der Waals surface area (Å²) >= 11 is 1.38. The lowest BCUT2D eigenvalue weighted by Gasteiger charge is -2.03. The standard InChI is InChI=1S/C13H13N3OS/c17-12(7-18-13-14-8-15-16-13)11-5-4-9-2-1-3-10(9)6-11/h4-6,8H,1-3,7H2,(H,14,15,16). The van der Waals surface area contributed by atoms with Crippen molar-refractivity contribution in [2.75, 3.05) is 5.75 Å². The number of hydrogen-bond donors (Lipinski definition) is 1. The molecule has 1 aliphatic carbocycles. The quantitative estimate of drug-likeness (QED) is 0.676. The zero-order valence-corrected chi connectivity index (χ0v) is 10.7. The van der Waals surface area contributed by atoms with Crippen molar-refractivity contribution in [2.45, 2.75) is 24.4 Å².